The van der Waals surface area contributed by atoms with Crippen molar-refractivity contribution in [2.75, 3.05) is 30.8 Å². The molecule has 0 aromatic carbocycles. The number of hydrogen-bond donors (Lipinski definition) is 1. The van der Waals surface area contributed by atoms with E-state index < -0.39 is 0 Å². The summed E-state index contributed by atoms with van der Waals surface area (Å²) in [6.45, 7) is 2.71. The third-order valence-electron chi connectivity index (χ3n) is 3.36. The second kappa shape index (κ2) is 4.58. The first kappa shape index (κ1) is 11.7. The van der Waals surface area contributed by atoms with Crippen LogP contribution in [0, 0.1) is 0 Å². The molecule has 1 aromatic heterocycles. The van der Waals surface area contributed by atoms with Gasteiger partial charge in [-0.2, -0.15) is 11.8 Å². The summed E-state index contributed by atoms with van der Waals surface area (Å²) < 4.78 is 1.97. The predicted octanol–water partition coefficient (Wildman–Crippen LogP) is -0.129. The lowest BCUT2D eigenvalue weighted by Crippen LogP contribution is -2.47. The number of anilines is 1. The Bertz CT molecular complexity index is 338. The zero-order valence-electron chi connectivity index (χ0n) is 9.76. The first-order valence-corrected chi connectivity index (χ1v) is 6.66. The lowest BCUT2D eigenvalue weighted by Gasteiger charge is -2.39. The number of piperidine rings is 1. The van der Waals surface area contributed by atoms with Crippen LogP contribution in [-0.4, -0.2) is 50.8 Å². The largest absolute Gasteiger partial charge is 0.340 e. The average Bonchev–Trinajstić information content (AvgIpc) is 2.76. The number of thioether (sulfide) groups is 1. The second-order valence-corrected chi connectivity index (χ2v) is 5.46. The van der Waals surface area contributed by atoms with Gasteiger partial charge in [0.1, 0.15) is 0 Å². The van der Waals surface area contributed by atoms with E-state index in [1.54, 1.807) is 4.68 Å². The third-order valence-corrected chi connectivity index (χ3v) is 4.80. The summed E-state index contributed by atoms with van der Waals surface area (Å²) in [6, 6.07) is 0. The van der Waals surface area contributed by atoms with Gasteiger partial charge in [0.15, 0.2) is 0 Å². The Hall–Kier alpha value is -0.820. The number of aromatic nitrogens is 4. The molecule has 2 N–H and O–H groups in total. The molecule has 90 valence electrons. The van der Waals surface area contributed by atoms with Crippen LogP contribution in [0.3, 0.4) is 0 Å². The zero-order chi connectivity index (χ0) is 11.6. The van der Waals surface area contributed by atoms with Crippen molar-refractivity contribution in [3.63, 3.8) is 0 Å². The molecule has 2 rings (SSSR count). The van der Waals surface area contributed by atoms with E-state index in [2.05, 4.69) is 26.7 Å². The van der Waals surface area contributed by atoms with Crippen molar-refractivity contribution in [3.8, 4) is 0 Å². The van der Waals surface area contributed by atoms with Gasteiger partial charge in [0.05, 0.1) is 0 Å². The van der Waals surface area contributed by atoms with Crippen molar-refractivity contribution in [1.82, 2.24) is 20.2 Å². The highest BCUT2D eigenvalue weighted by Crippen LogP contribution is 2.34. The van der Waals surface area contributed by atoms with Gasteiger partial charge in [-0.3, -0.25) is 0 Å². The highest BCUT2D eigenvalue weighted by molar-refractivity contribution is 8.00. The van der Waals surface area contributed by atoms with Gasteiger partial charge in [-0.05, 0) is 29.5 Å². The minimum atomic E-state index is 0.253. The Kier molecular flexibility index (Phi) is 3.34. The Labute approximate surface area is 99.6 Å². The lowest BCUT2D eigenvalue weighted by molar-refractivity contribution is 0.449. The molecule has 0 spiro atoms. The molecule has 0 unspecified atom stereocenters. The van der Waals surface area contributed by atoms with Gasteiger partial charge in [0, 0.05) is 31.4 Å². The number of nitrogens with zero attached hydrogens (tertiary/aromatic N) is 5. The maximum Gasteiger partial charge on any atom is 0.245 e. The van der Waals surface area contributed by atoms with E-state index in [4.69, 9.17) is 5.73 Å². The molecule has 0 radical (unpaired) electrons. The standard InChI is InChI=1S/C9H18N6S/c1-14-8(11-12-13-14)15-5-3-9(7-10,16-2)4-6-15/h3-7,10H2,1-2H3. The SMILES string of the molecule is CSC1(CN)CCN(c2nnnn2C)CC1. The number of aryl methyl sites for hydroxylation is 1. The molecule has 1 aromatic rings. The maximum atomic E-state index is 5.86. The van der Waals surface area contributed by atoms with Crippen LogP contribution in [0.1, 0.15) is 12.8 Å². The van der Waals surface area contributed by atoms with E-state index in [1.807, 2.05) is 18.8 Å². The quantitative estimate of drug-likeness (QED) is 0.796. The fraction of sp³-hybridized carbons (Fsp3) is 0.889. The van der Waals surface area contributed by atoms with Gasteiger partial charge in [0.2, 0.25) is 5.95 Å². The highest BCUT2D eigenvalue weighted by atomic mass is 32.2. The lowest BCUT2D eigenvalue weighted by atomic mass is 9.96. The van der Waals surface area contributed by atoms with E-state index >= 15 is 0 Å². The van der Waals surface area contributed by atoms with E-state index in [9.17, 15) is 0 Å². The van der Waals surface area contributed by atoms with Crippen molar-refractivity contribution >= 4 is 17.7 Å². The monoisotopic (exact) mass is 242 g/mol. The molecule has 7 heteroatoms. The summed E-state index contributed by atoms with van der Waals surface area (Å²) in [5.41, 5.74) is 5.86. The molecule has 1 aliphatic heterocycles. The van der Waals surface area contributed by atoms with Crippen molar-refractivity contribution in [1.29, 1.82) is 0 Å². The topological polar surface area (TPSA) is 72.9 Å². The molecule has 1 saturated heterocycles. The van der Waals surface area contributed by atoms with E-state index in [0.29, 0.717) is 0 Å². The number of rotatable bonds is 3. The van der Waals surface area contributed by atoms with Crippen molar-refractivity contribution in [3.05, 3.63) is 0 Å². The van der Waals surface area contributed by atoms with Gasteiger partial charge < -0.3 is 10.6 Å². The Balaban J connectivity index is 2.03. The minimum absolute atomic E-state index is 0.253. The molecule has 16 heavy (non-hydrogen) atoms. The van der Waals surface area contributed by atoms with E-state index in [-0.39, 0.29) is 4.75 Å². The molecular weight excluding hydrogens is 224 g/mol. The zero-order valence-corrected chi connectivity index (χ0v) is 10.6. The molecule has 6 nitrogen and oxygen atoms in total. The molecule has 0 bridgehead atoms. The third kappa shape index (κ3) is 2.01. The van der Waals surface area contributed by atoms with Crippen LogP contribution in [0.4, 0.5) is 5.95 Å². The Morgan fingerprint density at radius 2 is 2.12 bits per heavy atom. The van der Waals surface area contributed by atoms with Gasteiger partial charge in [0.25, 0.3) is 0 Å². The summed E-state index contributed by atoms with van der Waals surface area (Å²) in [4.78, 5) is 2.23. The van der Waals surface area contributed by atoms with E-state index in [0.717, 1.165) is 38.4 Å². The van der Waals surface area contributed by atoms with Crippen LogP contribution in [0.5, 0.6) is 0 Å². The van der Waals surface area contributed by atoms with Gasteiger partial charge in [-0.25, -0.2) is 4.68 Å². The molecule has 1 fully saturated rings. The summed E-state index contributed by atoms with van der Waals surface area (Å²) in [6.07, 6.45) is 4.33. The maximum absolute atomic E-state index is 5.86. The van der Waals surface area contributed by atoms with Crippen LogP contribution >= 0.6 is 11.8 Å². The molecule has 0 aliphatic carbocycles. The van der Waals surface area contributed by atoms with Crippen LogP contribution in [0.15, 0.2) is 0 Å². The number of nitrogens with two attached hydrogens (primary N) is 1. The number of hydrogen-bond acceptors (Lipinski definition) is 6. The highest BCUT2D eigenvalue weighted by Gasteiger charge is 2.33. The molecular formula is C9H18N6S. The molecule has 0 atom stereocenters. The molecule has 0 saturated carbocycles. The second-order valence-electron chi connectivity index (χ2n) is 4.18. The van der Waals surface area contributed by atoms with Crippen LogP contribution in [0.25, 0.3) is 0 Å². The van der Waals surface area contributed by atoms with Crippen LogP contribution in [0.2, 0.25) is 0 Å². The predicted molar refractivity (Wildman–Crippen MR) is 65.5 cm³/mol. The minimum Gasteiger partial charge on any atom is -0.340 e. The molecule has 2 heterocycles. The first-order chi connectivity index (χ1) is 7.71. The van der Waals surface area contributed by atoms with E-state index in [1.165, 1.54) is 0 Å². The first-order valence-electron chi connectivity index (χ1n) is 5.43. The van der Waals surface area contributed by atoms with Crippen molar-refractivity contribution in [2.45, 2.75) is 17.6 Å². The molecule has 1 aliphatic rings. The fourth-order valence-corrected chi connectivity index (χ4v) is 2.86. The smallest absolute Gasteiger partial charge is 0.245 e. The van der Waals surface area contributed by atoms with Gasteiger partial charge in [-0.15, -0.1) is 0 Å². The van der Waals surface area contributed by atoms with Crippen LogP contribution in [-0.2, 0) is 7.05 Å². The summed E-state index contributed by atoms with van der Waals surface area (Å²) >= 11 is 1.89. The van der Waals surface area contributed by atoms with Crippen molar-refractivity contribution in [2.24, 2.45) is 12.8 Å². The normalized spacial score (nSPS) is 20.1. The summed E-state index contributed by atoms with van der Waals surface area (Å²) in [7, 11) is 1.87. The average molecular weight is 242 g/mol. The molecule has 0 amide bonds. The van der Waals surface area contributed by atoms with Gasteiger partial charge >= 0.3 is 0 Å². The number of tetrazole rings is 1. The van der Waals surface area contributed by atoms with Crippen molar-refractivity contribution < 1.29 is 0 Å². The Morgan fingerprint density at radius 3 is 2.56 bits per heavy atom. The van der Waals surface area contributed by atoms with Gasteiger partial charge in [-0.1, -0.05) is 5.10 Å². The summed E-state index contributed by atoms with van der Waals surface area (Å²) in [5.74, 6) is 0.853. The summed E-state index contributed by atoms with van der Waals surface area (Å²) in [5, 5.41) is 11.5. The Morgan fingerprint density at radius 1 is 1.44 bits per heavy atom. The fourth-order valence-electron chi connectivity index (χ4n) is 2.10. The van der Waals surface area contributed by atoms with Crippen LogP contribution < -0.4 is 10.6 Å².